The van der Waals surface area contributed by atoms with Crippen LogP contribution in [-0.2, 0) is 11.3 Å². The molecule has 0 spiro atoms. The lowest BCUT2D eigenvalue weighted by Gasteiger charge is -2.16. The molecule has 2 amide bonds. The van der Waals surface area contributed by atoms with Crippen LogP contribution in [0, 0.1) is 0 Å². The van der Waals surface area contributed by atoms with Crippen molar-refractivity contribution in [2.45, 2.75) is 19.9 Å². The van der Waals surface area contributed by atoms with E-state index < -0.39 is 5.97 Å². The molecular weight excluding hydrogens is 264 g/mol. The number of carboxylic acid groups (broad SMARTS) is 1. The fourth-order valence-electron chi connectivity index (χ4n) is 1.41. The summed E-state index contributed by atoms with van der Waals surface area (Å²) in [7, 11) is 1.73. The Kier molecular flexibility index (Phi) is 6.08. The average molecular weight is 282 g/mol. The molecule has 104 valence electrons. The third kappa shape index (κ3) is 5.56. The summed E-state index contributed by atoms with van der Waals surface area (Å²) in [5.74, 6) is -0.969. The van der Waals surface area contributed by atoms with Crippen LogP contribution in [0.3, 0.4) is 0 Å². The summed E-state index contributed by atoms with van der Waals surface area (Å²) in [5.41, 5.74) is 0.838. The maximum atomic E-state index is 11.7. The van der Waals surface area contributed by atoms with E-state index in [1.54, 1.807) is 18.0 Å². The molecule has 0 atom stereocenters. The fourth-order valence-corrected chi connectivity index (χ4v) is 2.31. The molecule has 1 aromatic rings. The van der Waals surface area contributed by atoms with Crippen LogP contribution in [0.5, 0.6) is 0 Å². The molecule has 0 fully saturated rings. The molecule has 2 N–H and O–H groups in total. The lowest BCUT2D eigenvalue weighted by molar-refractivity contribution is -0.131. The van der Waals surface area contributed by atoms with Gasteiger partial charge in [-0.25, -0.2) is 9.59 Å². The molecule has 0 bridgehead atoms. The number of aliphatic carboxylic acids is 1. The Bertz CT molecular complexity index is 468. The number of hydrogen-bond acceptors (Lipinski definition) is 3. The van der Waals surface area contributed by atoms with Crippen molar-refractivity contribution < 1.29 is 14.7 Å². The van der Waals surface area contributed by atoms with Crippen LogP contribution < -0.4 is 5.32 Å². The van der Waals surface area contributed by atoms with E-state index in [9.17, 15) is 9.59 Å². The van der Waals surface area contributed by atoms with Crippen LogP contribution in [0.2, 0.25) is 0 Å². The molecule has 19 heavy (non-hydrogen) atoms. The van der Waals surface area contributed by atoms with Crippen LogP contribution in [0.25, 0.3) is 6.08 Å². The van der Waals surface area contributed by atoms with Gasteiger partial charge < -0.3 is 15.3 Å². The van der Waals surface area contributed by atoms with E-state index in [1.807, 2.05) is 18.4 Å². The van der Waals surface area contributed by atoms with E-state index >= 15 is 0 Å². The smallest absolute Gasteiger partial charge is 0.328 e. The van der Waals surface area contributed by atoms with E-state index in [4.69, 9.17) is 5.11 Å². The molecule has 0 aliphatic rings. The Morgan fingerprint density at radius 3 is 2.89 bits per heavy atom. The van der Waals surface area contributed by atoms with Gasteiger partial charge in [0.25, 0.3) is 0 Å². The van der Waals surface area contributed by atoms with Crippen LogP contribution in [0.15, 0.2) is 17.5 Å². The van der Waals surface area contributed by atoms with Gasteiger partial charge in [-0.1, -0.05) is 6.92 Å². The lowest BCUT2D eigenvalue weighted by Crippen LogP contribution is -2.36. The third-order valence-electron chi connectivity index (χ3n) is 2.36. The molecule has 5 nitrogen and oxygen atoms in total. The minimum Gasteiger partial charge on any atom is -0.478 e. The number of thiophene rings is 1. The summed E-state index contributed by atoms with van der Waals surface area (Å²) in [6.07, 6.45) is 3.55. The van der Waals surface area contributed by atoms with E-state index in [0.717, 1.165) is 22.9 Å². The maximum Gasteiger partial charge on any atom is 0.328 e. The van der Waals surface area contributed by atoms with Gasteiger partial charge >= 0.3 is 12.0 Å². The van der Waals surface area contributed by atoms with E-state index in [1.165, 1.54) is 11.3 Å². The Morgan fingerprint density at radius 1 is 1.53 bits per heavy atom. The van der Waals surface area contributed by atoms with Crippen molar-refractivity contribution in [3.05, 3.63) is 28.0 Å². The zero-order valence-electron chi connectivity index (χ0n) is 11.0. The van der Waals surface area contributed by atoms with Crippen LogP contribution >= 0.6 is 11.3 Å². The number of rotatable bonds is 6. The van der Waals surface area contributed by atoms with Crippen molar-refractivity contribution in [1.82, 2.24) is 10.2 Å². The second kappa shape index (κ2) is 7.58. The normalized spacial score (nSPS) is 10.6. The Morgan fingerprint density at radius 2 is 2.26 bits per heavy atom. The van der Waals surface area contributed by atoms with Gasteiger partial charge in [0.05, 0.1) is 6.54 Å². The van der Waals surface area contributed by atoms with Gasteiger partial charge in [0.15, 0.2) is 0 Å². The quantitative estimate of drug-likeness (QED) is 0.787. The van der Waals surface area contributed by atoms with Crippen LogP contribution in [0.1, 0.15) is 23.8 Å². The van der Waals surface area contributed by atoms with Gasteiger partial charge in [-0.15, -0.1) is 11.3 Å². The van der Waals surface area contributed by atoms with E-state index in [-0.39, 0.29) is 6.03 Å². The van der Waals surface area contributed by atoms with Gasteiger partial charge in [0.1, 0.15) is 0 Å². The first-order chi connectivity index (χ1) is 9.02. The predicted molar refractivity (Wildman–Crippen MR) is 76.1 cm³/mol. The molecule has 1 heterocycles. The topological polar surface area (TPSA) is 69.6 Å². The minimum absolute atomic E-state index is 0.0992. The molecule has 0 aliphatic carbocycles. The van der Waals surface area contributed by atoms with Gasteiger partial charge in [0.2, 0.25) is 0 Å². The molecule has 6 heteroatoms. The summed E-state index contributed by atoms with van der Waals surface area (Å²) in [6, 6.07) is 1.78. The highest BCUT2D eigenvalue weighted by atomic mass is 32.1. The Hall–Kier alpha value is -1.82. The molecule has 0 saturated heterocycles. The first-order valence-electron chi connectivity index (χ1n) is 6.00. The van der Waals surface area contributed by atoms with Gasteiger partial charge in [-0.2, -0.15) is 0 Å². The Labute approximate surface area is 116 Å². The number of nitrogens with one attached hydrogen (secondary N) is 1. The Balaban J connectivity index is 2.53. The fraction of sp³-hybridized carbons (Fsp3) is 0.385. The highest BCUT2D eigenvalue weighted by Crippen LogP contribution is 2.17. The molecule has 0 unspecified atom stereocenters. The van der Waals surface area contributed by atoms with Crippen molar-refractivity contribution in [2.75, 3.05) is 13.6 Å². The number of hydrogen-bond donors (Lipinski definition) is 2. The summed E-state index contributed by atoms with van der Waals surface area (Å²) in [5, 5.41) is 13.2. The number of amides is 2. The third-order valence-corrected chi connectivity index (χ3v) is 3.30. The molecule has 0 radical (unpaired) electrons. The molecule has 1 rings (SSSR count). The number of urea groups is 1. The minimum atomic E-state index is -0.969. The van der Waals surface area contributed by atoms with Crippen molar-refractivity contribution >= 4 is 29.4 Å². The standard InChI is InChI=1S/C13H18N2O3S/c1-3-6-14-13(18)15(2)8-11-7-10(9-19-11)4-5-12(16)17/h4-5,7,9H,3,6,8H2,1-2H3,(H,14,18)(H,16,17). The monoisotopic (exact) mass is 282 g/mol. The highest BCUT2D eigenvalue weighted by molar-refractivity contribution is 7.10. The largest absolute Gasteiger partial charge is 0.478 e. The zero-order chi connectivity index (χ0) is 14.3. The number of carbonyl (C=O) groups is 2. The van der Waals surface area contributed by atoms with Crippen molar-refractivity contribution in [3.63, 3.8) is 0 Å². The van der Waals surface area contributed by atoms with Crippen LogP contribution in [-0.4, -0.2) is 35.6 Å². The van der Waals surface area contributed by atoms with E-state index in [0.29, 0.717) is 13.1 Å². The van der Waals surface area contributed by atoms with Crippen LogP contribution in [0.4, 0.5) is 4.79 Å². The van der Waals surface area contributed by atoms with Crippen molar-refractivity contribution in [3.8, 4) is 0 Å². The van der Waals surface area contributed by atoms with Gasteiger partial charge in [-0.05, 0) is 29.5 Å². The summed E-state index contributed by atoms with van der Waals surface area (Å²) < 4.78 is 0. The number of carboxylic acids is 1. The lowest BCUT2D eigenvalue weighted by atomic mass is 10.3. The molecule has 0 saturated carbocycles. The van der Waals surface area contributed by atoms with E-state index in [2.05, 4.69) is 5.32 Å². The highest BCUT2D eigenvalue weighted by Gasteiger charge is 2.09. The SMILES string of the molecule is CCCNC(=O)N(C)Cc1cc(C=CC(=O)O)cs1. The maximum absolute atomic E-state index is 11.7. The van der Waals surface area contributed by atoms with Gasteiger partial charge in [0, 0.05) is 24.5 Å². The summed E-state index contributed by atoms with van der Waals surface area (Å²) >= 11 is 1.50. The second-order valence-electron chi connectivity index (χ2n) is 4.11. The number of nitrogens with zero attached hydrogens (tertiary/aromatic N) is 1. The van der Waals surface area contributed by atoms with Crippen molar-refractivity contribution in [2.24, 2.45) is 0 Å². The molecule has 1 aromatic heterocycles. The molecule has 0 aliphatic heterocycles. The molecular formula is C13H18N2O3S. The summed E-state index contributed by atoms with van der Waals surface area (Å²) in [4.78, 5) is 24.7. The predicted octanol–water partition coefficient (Wildman–Crippen LogP) is 2.40. The zero-order valence-corrected chi connectivity index (χ0v) is 11.9. The first kappa shape index (κ1) is 15.2. The first-order valence-corrected chi connectivity index (χ1v) is 6.88. The van der Waals surface area contributed by atoms with Crippen molar-refractivity contribution in [1.29, 1.82) is 0 Å². The number of carbonyl (C=O) groups excluding carboxylic acids is 1. The molecule has 0 aromatic carbocycles. The second-order valence-corrected chi connectivity index (χ2v) is 5.10. The average Bonchev–Trinajstić information content (AvgIpc) is 2.81. The summed E-state index contributed by atoms with van der Waals surface area (Å²) in [6.45, 7) is 3.18. The van der Waals surface area contributed by atoms with Gasteiger partial charge in [-0.3, -0.25) is 0 Å².